The van der Waals surface area contributed by atoms with Gasteiger partial charge >= 0.3 is 6.03 Å². The van der Waals surface area contributed by atoms with Crippen LogP contribution in [0.1, 0.15) is 26.5 Å². The lowest BCUT2D eigenvalue weighted by Gasteiger charge is -2.26. The van der Waals surface area contributed by atoms with Gasteiger partial charge in [0.1, 0.15) is 0 Å². The molecule has 5 heteroatoms. The molecule has 1 heterocycles. The highest BCUT2D eigenvalue weighted by atomic mass is 16.2. The quantitative estimate of drug-likeness (QED) is 0.760. The van der Waals surface area contributed by atoms with E-state index in [2.05, 4.69) is 41.3 Å². The van der Waals surface area contributed by atoms with Gasteiger partial charge in [-0.05, 0) is 32.1 Å². The molecule has 0 spiro atoms. The fourth-order valence-electron chi connectivity index (χ4n) is 2.13. The van der Waals surface area contributed by atoms with E-state index in [1.54, 1.807) is 6.20 Å². The number of hydrogen-bond acceptors (Lipinski definition) is 3. The van der Waals surface area contributed by atoms with Crippen LogP contribution in [0.5, 0.6) is 0 Å². The van der Waals surface area contributed by atoms with Crippen LogP contribution in [-0.4, -0.2) is 48.1 Å². The van der Waals surface area contributed by atoms with Crippen LogP contribution in [0.25, 0.3) is 0 Å². The molecule has 2 N–H and O–H groups in total. The van der Waals surface area contributed by atoms with Gasteiger partial charge in [-0.25, -0.2) is 4.79 Å². The number of pyridine rings is 1. The van der Waals surface area contributed by atoms with E-state index < -0.39 is 0 Å². The predicted molar refractivity (Wildman–Crippen MR) is 81.7 cm³/mol. The molecule has 1 atom stereocenters. The first-order chi connectivity index (χ1) is 9.67. The summed E-state index contributed by atoms with van der Waals surface area (Å²) in [6, 6.07) is 6.04. The molecule has 0 aromatic carbocycles. The molecule has 5 nitrogen and oxygen atoms in total. The number of nitrogens with zero attached hydrogens (tertiary/aromatic N) is 2. The SMILES string of the molecule is CCN(CC)[C@@H](C)CNC(=O)NCCc1ccccn1. The van der Waals surface area contributed by atoms with Gasteiger partial charge in [-0.1, -0.05) is 19.9 Å². The number of aromatic nitrogens is 1. The largest absolute Gasteiger partial charge is 0.338 e. The Morgan fingerprint density at radius 1 is 1.30 bits per heavy atom. The van der Waals surface area contributed by atoms with Gasteiger partial charge in [-0.15, -0.1) is 0 Å². The first-order valence-corrected chi connectivity index (χ1v) is 7.33. The molecular formula is C15H26N4O. The van der Waals surface area contributed by atoms with Gasteiger partial charge in [0, 0.05) is 37.4 Å². The van der Waals surface area contributed by atoms with Crippen molar-refractivity contribution in [3.8, 4) is 0 Å². The van der Waals surface area contributed by atoms with Gasteiger partial charge in [0.05, 0.1) is 0 Å². The Labute approximate surface area is 121 Å². The van der Waals surface area contributed by atoms with Crippen LogP contribution in [0.2, 0.25) is 0 Å². The summed E-state index contributed by atoms with van der Waals surface area (Å²) in [5, 5.41) is 5.76. The summed E-state index contributed by atoms with van der Waals surface area (Å²) in [6.45, 7) is 9.65. The number of nitrogens with one attached hydrogen (secondary N) is 2. The molecule has 0 bridgehead atoms. The maximum Gasteiger partial charge on any atom is 0.314 e. The van der Waals surface area contributed by atoms with E-state index in [0.717, 1.165) is 25.2 Å². The molecule has 1 rings (SSSR count). The summed E-state index contributed by atoms with van der Waals surface area (Å²) >= 11 is 0. The molecule has 1 aromatic rings. The molecule has 112 valence electrons. The molecule has 0 aliphatic heterocycles. The lowest BCUT2D eigenvalue weighted by Crippen LogP contribution is -2.45. The third-order valence-electron chi connectivity index (χ3n) is 3.39. The fraction of sp³-hybridized carbons (Fsp3) is 0.600. The summed E-state index contributed by atoms with van der Waals surface area (Å²) in [7, 11) is 0. The van der Waals surface area contributed by atoms with E-state index in [0.29, 0.717) is 19.1 Å². The minimum Gasteiger partial charge on any atom is -0.338 e. The maximum absolute atomic E-state index is 11.7. The zero-order chi connectivity index (χ0) is 14.8. The number of rotatable bonds is 8. The van der Waals surface area contributed by atoms with Crippen molar-refractivity contribution in [2.45, 2.75) is 33.2 Å². The Morgan fingerprint density at radius 2 is 2.05 bits per heavy atom. The van der Waals surface area contributed by atoms with Gasteiger partial charge < -0.3 is 10.6 Å². The van der Waals surface area contributed by atoms with E-state index in [-0.39, 0.29) is 6.03 Å². The molecule has 1 aromatic heterocycles. The van der Waals surface area contributed by atoms with Crippen molar-refractivity contribution in [1.82, 2.24) is 20.5 Å². The van der Waals surface area contributed by atoms with Crippen LogP contribution in [0, 0.1) is 0 Å². The lowest BCUT2D eigenvalue weighted by molar-refractivity contribution is 0.215. The van der Waals surface area contributed by atoms with Crippen molar-refractivity contribution in [2.75, 3.05) is 26.2 Å². The number of carbonyl (C=O) groups is 1. The molecule has 0 radical (unpaired) electrons. The molecule has 0 aliphatic rings. The van der Waals surface area contributed by atoms with Crippen LogP contribution in [0.4, 0.5) is 4.79 Å². The normalized spacial score (nSPS) is 12.2. The molecule has 20 heavy (non-hydrogen) atoms. The van der Waals surface area contributed by atoms with Crippen molar-refractivity contribution >= 4 is 6.03 Å². The Kier molecular flexibility index (Phi) is 7.65. The van der Waals surface area contributed by atoms with Crippen molar-refractivity contribution < 1.29 is 4.79 Å². The Hall–Kier alpha value is -1.62. The first-order valence-electron chi connectivity index (χ1n) is 7.33. The second kappa shape index (κ2) is 9.31. The van der Waals surface area contributed by atoms with Crippen molar-refractivity contribution in [3.63, 3.8) is 0 Å². The summed E-state index contributed by atoms with van der Waals surface area (Å²) in [5.41, 5.74) is 0.990. The zero-order valence-electron chi connectivity index (χ0n) is 12.7. The van der Waals surface area contributed by atoms with Gasteiger partial charge in [0.2, 0.25) is 0 Å². The number of hydrogen-bond donors (Lipinski definition) is 2. The Morgan fingerprint density at radius 3 is 2.65 bits per heavy atom. The Bertz CT molecular complexity index is 379. The third-order valence-corrected chi connectivity index (χ3v) is 3.39. The van der Waals surface area contributed by atoms with E-state index in [1.165, 1.54) is 0 Å². The smallest absolute Gasteiger partial charge is 0.314 e. The molecule has 2 amide bonds. The Balaban J connectivity index is 2.17. The average Bonchev–Trinajstić information content (AvgIpc) is 2.47. The van der Waals surface area contributed by atoms with E-state index in [9.17, 15) is 4.79 Å². The summed E-state index contributed by atoms with van der Waals surface area (Å²) < 4.78 is 0. The minimum atomic E-state index is -0.111. The lowest BCUT2D eigenvalue weighted by atomic mass is 10.2. The molecule has 0 fully saturated rings. The standard InChI is InChI=1S/C15H26N4O/c1-4-19(5-2)13(3)12-18-15(20)17-11-9-14-8-6-7-10-16-14/h6-8,10,13H,4-5,9,11-12H2,1-3H3,(H2,17,18,20)/t13-/m0/s1. The van der Waals surface area contributed by atoms with E-state index in [1.807, 2.05) is 18.2 Å². The summed E-state index contributed by atoms with van der Waals surface area (Å²) in [5.74, 6) is 0. The van der Waals surface area contributed by atoms with Crippen molar-refractivity contribution in [3.05, 3.63) is 30.1 Å². The number of likely N-dealkylation sites (N-methyl/N-ethyl adjacent to an activating group) is 1. The van der Waals surface area contributed by atoms with Gasteiger partial charge in [-0.3, -0.25) is 9.88 Å². The molecular weight excluding hydrogens is 252 g/mol. The van der Waals surface area contributed by atoms with Gasteiger partial charge in [0.25, 0.3) is 0 Å². The average molecular weight is 278 g/mol. The maximum atomic E-state index is 11.7. The van der Waals surface area contributed by atoms with Crippen LogP contribution in [0.3, 0.4) is 0 Å². The topological polar surface area (TPSA) is 57.3 Å². The summed E-state index contributed by atoms with van der Waals surface area (Å²) in [4.78, 5) is 18.2. The number of carbonyl (C=O) groups excluding carboxylic acids is 1. The van der Waals surface area contributed by atoms with E-state index in [4.69, 9.17) is 0 Å². The highest BCUT2D eigenvalue weighted by Crippen LogP contribution is 1.96. The molecule has 0 saturated carbocycles. The highest BCUT2D eigenvalue weighted by molar-refractivity contribution is 5.73. The molecule has 0 saturated heterocycles. The number of urea groups is 1. The fourth-order valence-corrected chi connectivity index (χ4v) is 2.13. The van der Waals surface area contributed by atoms with Crippen LogP contribution < -0.4 is 10.6 Å². The van der Waals surface area contributed by atoms with Crippen LogP contribution >= 0.6 is 0 Å². The molecule has 0 aliphatic carbocycles. The third kappa shape index (κ3) is 6.02. The predicted octanol–water partition coefficient (Wildman–Crippen LogP) is 1.65. The van der Waals surface area contributed by atoms with Gasteiger partial charge in [-0.2, -0.15) is 0 Å². The monoisotopic (exact) mass is 278 g/mol. The van der Waals surface area contributed by atoms with Crippen molar-refractivity contribution in [1.29, 1.82) is 0 Å². The van der Waals surface area contributed by atoms with E-state index >= 15 is 0 Å². The summed E-state index contributed by atoms with van der Waals surface area (Å²) in [6.07, 6.45) is 2.51. The van der Waals surface area contributed by atoms with Crippen molar-refractivity contribution in [2.24, 2.45) is 0 Å². The first kappa shape index (κ1) is 16.4. The van der Waals surface area contributed by atoms with Crippen LogP contribution in [-0.2, 0) is 6.42 Å². The van der Waals surface area contributed by atoms with Crippen LogP contribution in [0.15, 0.2) is 24.4 Å². The number of amides is 2. The minimum absolute atomic E-state index is 0.111. The zero-order valence-corrected chi connectivity index (χ0v) is 12.7. The second-order valence-electron chi connectivity index (χ2n) is 4.78. The van der Waals surface area contributed by atoms with Gasteiger partial charge in [0.15, 0.2) is 0 Å². The second-order valence-corrected chi connectivity index (χ2v) is 4.78. The highest BCUT2D eigenvalue weighted by Gasteiger charge is 2.10. The molecule has 0 unspecified atom stereocenters.